The first-order chi connectivity index (χ1) is 8.15. The number of ether oxygens (including phenoxy) is 1. The van der Waals surface area contributed by atoms with Gasteiger partial charge in [0.15, 0.2) is 0 Å². The first kappa shape index (κ1) is 11.1. The summed E-state index contributed by atoms with van der Waals surface area (Å²) >= 11 is 0. The second kappa shape index (κ2) is 4.02. The van der Waals surface area contributed by atoms with E-state index in [1.807, 2.05) is 0 Å². The standard InChI is InChI=1S/C15H21NO/c1-11-5-6-14(17-13-3-2-4-13)12(9-11)10-15(16)7-8-15/h5-6,9,13H,2-4,7-8,10,16H2,1H3. The van der Waals surface area contributed by atoms with Gasteiger partial charge >= 0.3 is 0 Å². The quantitative estimate of drug-likeness (QED) is 0.864. The largest absolute Gasteiger partial charge is 0.490 e. The highest BCUT2D eigenvalue weighted by Crippen LogP contribution is 2.38. The van der Waals surface area contributed by atoms with Gasteiger partial charge in [0.25, 0.3) is 0 Å². The van der Waals surface area contributed by atoms with Crippen molar-refractivity contribution in [3.63, 3.8) is 0 Å². The number of aryl methyl sites for hydroxylation is 1. The van der Waals surface area contributed by atoms with Gasteiger partial charge in [-0.1, -0.05) is 17.7 Å². The van der Waals surface area contributed by atoms with Gasteiger partial charge in [0.05, 0.1) is 6.10 Å². The molecule has 0 radical (unpaired) electrons. The van der Waals surface area contributed by atoms with Gasteiger partial charge in [0, 0.05) is 5.54 Å². The maximum absolute atomic E-state index is 6.22. The van der Waals surface area contributed by atoms with Crippen LogP contribution >= 0.6 is 0 Å². The van der Waals surface area contributed by atoms with E-state index in [1.165, 1.54) is 30.4 Å². The van der Waals surface area contributed by atoms with Crippen molar-refractivity contribution in [1.82, 2.24) is 0 Å². The molecule has 3 rings (SSSR count). The fourth-order valence-electron chi connectivity index (χ4n) is 2.35. The Balaban J connectivity index is 1.79. The van der Waals surface area contributed by atoms with Crippen molar-refractivity contribution in [3.8, 4) is 5.75 Å². The lowest BCUT2D eigenvalue weighted by atomic mass is 9.95. The Morgan fingerprint density at radius 2 is 2.12 bits per heavy atom. The van der Waals surface area contributed by atoms with Crippen molar-refractivity contribution in [1.29, 1.82) is 0 Å². The normalized spacial score (nSPS) is 22.0. The Labute approximate surface area is 103 Å². The summed E-state index contributed by atoms with van der Waals surface area (Å²) < 4.78 is 6.05. The van der Waals surface area contributed by atoms with Crippen molar-refractivity contribution in [3.05, 3.63) is 29.3 Å². The zero-order valence-corrected chi connectivity index (χ0v) is 10.5. The predicted octanol–water partition coefficient (Wildman–Crippen LogP) is 2.96. The highest BCUT2D eigenvalue weighted by Gasteiger charge is 2.38. The van der Waals surface area contributed by atoms with Crippen LogP contribution in [0.5, 0.6) is 5.75 Å². The molecule has 2 fully saturated rings. The molecule has 1 aromatic rings. The number of hydrogen-bond acceptors (Lipinski definition) is 2. The van der Waals surface area contributed by atoms with Crippen LogP contribution in [0.1, 0.15) is 43.2 Å². The van der Waals surface area contributed by atoms with Gasteiger partial charge in [-0.25, -0.2) is 0 Å². The Hall–Kier alpha value is -1.02. The van der Waals surface area contributed by atoms with Crippen molar-refractivity contribution in [2.45, 2.75) is 57.1 Å². The molecule has 17 heavy (non-hydrogen) atoms. The minimum atomic E-state index is 0.0610. The summed E-state index contributed by atoms with van der Waals surface area (Å²) in [7, 11) is 0. The molecule has 0 aliphatic heterocycles. The Kier molecular flexibility index (Phi) is 2.62. The fourth-order valence-corrected chi connectivity index (χ4v) is 2.35. The van der Waals surface area contributed by atoms with Crippen LogP contribution in [0.4, 0.5) is 0 Å². The Morgan fingerprint density at radius 3 is 2.71 bits per heavy atom. The molecule has 0 spiro atoms. The van der Waals surface area contributed by atoms with Gasteiger partial charge in [-0.3, -0.25) is 0 Å². The predicted molar refractivity (Wildman–Crippen MR) is 69.3 cm³/mol. The van der Waals surface area contributed by atoms with Crippen LogP contribution in [-0.2, 0) is 6.42 Å². The molecule has 0 atom stereocenters. The van der Waals surface area contributed by atoms with Crippen LogP contribution in [0, 0.1) is 6.92 Å². The van der Waals surface area contributed by atoms with E-state index in [2.05, 4.69) is 25.1 Å². The minimum absolute atomic E-state index is 0.0610. The highest BCUT2D eigenvalue weighted by atomic mass is 16.5. The topological polar surface area (TPSA) is 35.2 Å². The number of hydrogen-bond donors (Lipinski definition) is 1. The first-order valence-corrected chi connectivity index (χ1v) is 6.70. The lowest BCUT2D eigenvalue weighted by Gasteiger charge is -2.28. The van der Waals surface area contributed by atoms with E-state index < -0.39 is 0 Å². The van der Waals surface area contributed by atoms with Crippen LogP contribution in [0.3, 0.4) is 0 Å². The maximum Gasteiger partial charge on any atom is 0.122 e. The fraction of sp³-hybridized carbons (Fsp3) is 0.600. The molecule has 2 nitrogen and oxygen atoms in total. The van der Waals surface area contributed by atoms with Gasteiger partial charge < -0.3 is 10.5 Å². The number of nitrogens with two attached hydrogens (primary N) is 1. The van der Waals surface area contributed by atoms with Gasteiger partial charge in [0.1, 0.15) is 5.75 Å². The summed E-state index contributed by atoms with van der Waals surface area (Å²) in [5.74, 6) is 1.07. The molecule has 0 bridgehead atoms. The van der Waals surface area contributed by atoms with E-state index in [9.17, 15) is 0 Å². The third-order valence-corrected chi connectivity index (χ3v) is 4.00. The molecule has 2 aliphatic rings. The van der Waals surface area contributed by atoms with E-state index in [1.54, 1.807) is 0 Å². The van der Waals surface area contributed by atoms with E-state index >= 15 is 0 Å². The van der Waals surface area contributed by atoms with Crippen molar-refractivity contribution < 1.29 is 4.74 Å². The van der Waals surface area contributed by atoms with Crippen LogP contribution in [-0.4, -0.2) is 11.6 Å². The van der Waals surface area contributed by atoms with Crippen LogP contribution in [0.15, 0.2) is 18.2 Å². The molecule has 1 aromatic carbocycles. The van der Waals surface area contributed by atoms with Gasteiger partial charge in [0.2, 0.25) is 0 Å². The summed E-state index contributed by atoms with van der Waals surface area (Å²) in [4.78, 5) is 0. The molecule has 2 heteroatoms. The molecule has 2 saturated carbocycles. The third-order valence-electron chi connectivity index (χ3n) is 4.00. The monoisotopic (exact) mass is 231 g/mol. The lowest BCUT2D eigenvalue weighted by molar-refractivity contribution is 0.119. The molecular weight excluding hydrogens is 210 g/mol. The summed E-state index contributed by atoms with van der Waals surface area (Å²) in [5, 5.41) is 0. The van der Waals surface area contributed by atoms with Crippen LogP contribution < -0.4 is 10.5 Å². The molecule has 0 heterocycles. The maximum atomic E-state index is 6.22. The zero-order chi connectivity index (χ0) is 11.9. The summed E-state index contributed by atoms with van der Waals surface area (Å²) in [6.07, 6.45) is 7.46. The third kappa shape index (κ3) is 2.47. The second-order valence-corrected chi connectivity index (χ2v) is 5.82. The SMILES string of the molecule is Cc1ccc(OC2CCC2)c(CC2(N)CC2)c1. The number of benzene rings is 1. The minimum Gasteiger partial charge on any atom is -0.490 e. The van der Waals surface area contributed by atoms with E-state index in [-0.39, 0.29) is 5.54 Å². The molecule has 92 valence electrons. The van der Waals surface area contributed by atoms with Crippen molar-refractivity contribution in [2.75, 3.05) is 0 Å². The highest BCUT2D eigenvalue weighted by molar-refractivity contribution is 5.39. The number of rotatable bonds is 4. The molecule has 0 amide bonds. The van der Waals surface area contributed by atoms with Crippen molar-refractivity contribution in [2.24, 2.45) is 5.73 Å². The molecule has 0 saturated heterocycles. The zero-order valence-electron chi connectivity index (χ0n) is 10.5. The summed E-state index contributed by atoms with van der Waals surface area (Å²) in [5.41, 5.74) is 8.88. The van der Waals surface area contributed by atoms with Crippen LogP contribution in [0.2, 0.25) is 0 Å². The smallest absolute Gasteiger partial charge is 0.122 e. The van der Waals surface area contributed by atoms with E-state index in [4.69, 9.17) is 10.5 Å². The summed E-state index contributed by atoms with van der Waals surface area (Å²) in [6, 6.07) is 6.49. The molecule has 2 aliphatic carbocycles. The second-order valence-electron chi connectivity index (χ2n) is 5.82. The van der Waals surface area contributed by atoms with Gasteiger partial charge in [-0.2, -0.15) is 0 Å². The van der Waals surface area contributed by atoms with Crippen LogP contribution in [0.25, 0.3) is 0 Å². The Bertz CT molecular complexity index is 419. The Morgan fingerprint density at radius 1 is 1.35 bits per heavy atom. The van der Waals surface area contributed by atoms with E-state index in [0.29, 0.717) is 6.10 Å². The van der Waals surface area contributed by atoms with Gasteiger partial charge in [-0.15, -0.1) is 0 Å². The lowest BCUT2D eigenvalue weighted by Crippen LogP contribution is -2.27. The van der Waals surface area contributed by atoms with Crippen molar-refractivity contribution >= 4 is 0 Å². The molecule has 0 unspecified atom stereocenters. The average molecular weight is 231 g/mol. The molecule has 2 N–H and O–H groups in total. The summed E-state index contributed by atoms with van der Waals surface area (Å²) in [6.45, 7) is 2.13. The van der Waals surface area contributed by atoms with E-state index in [0.717, 1.165) is 25.0 Å². The van der Waals surface area contributed by atoms with Gasteiger partial charge in [-0.05, 0) is 57.1 Å². The molecule has 0 aromatic heterocycles. The molecular formula is C15H21NO. The first-order valence-electron chi connectivity index (χ1n) is 6.70. The average Bonchev–Trinajstić information content (AvgIpc) is 2.92.